The van der Waals surface area contributed by atoms with Crippen molar-refractivity contribution in [2.75, 3.05) is 5.75 Å². The van der Waals surface area contributed by atoms with Crippen LogP contribution in [0, 0.1) is 18.3 Å². The fourth-order valence-electron chi connectivity index (χ4n) is 4.15. The molecule has 0 aromatic heterocycles. The van der Waals surface area contributed by atoms with Gasteiger partial charge in [0.2, 0.25) is 11.8 Å². The number of carbonyl (C=O) groups excluding carboxylic acids is 3. The van der Waals surface area contributed by atoms with Gasteiger partial charge >= 0.3 is 6.09 Å². The summed E-state index contributed by atoms with van der Waals surface area (Å²) in [4.78, 5) is 41.8. The molecule has 1 aliphatic carbocycles. The van der Waals surface area contributed by atoms with Crippen molar-refractivity contribution in [2.24, 2.45) is 5.92 Å². The lowest BCUT2D eigenvalue weighted by atomic mass is 9.97. The van der Waals surface area contributed by atoms with Crippen LogP contribution in [0.15, 0.2) is 54.6 Å². The Kier molecular flexibility index (Phi) is 9.28. The van der Waals surface area contributed by atoms with Crippen LogP contribution in [0.1, 0.15) is 56.8 Å². The number of carbonyl (C=O) groups is 3. The molecule has 0 aliphatic heterocycles. The van der Waals surface area contributed by atoms with E-state index >= 15 is 0 Å². The van der Waals surface area contributed by atoms with Gasteiger partial charge in [0.25, 0.3) is 0 Å². The highest BCUT2D eigenvalue weighted by molar-refractivity contribution is 7.80. The fourth-order valence-corrected chi connectivity index (χ4v) is 4.40. The zero-order valence-electron chi connectivity index (χ0n) is 21.7. The maximum Gasteiger partial charge on any atom is 0.408 e. The monoisotopic (exact) mass is 521 g/mol. The third-order valence-electron chi connectivity index (χ3n) is 6.10. The summed E-state index contributed by atoms with van der Waals surface area (Å²) in [5.41, 5.74) is 1.27. The summed E-state index contributed by atoms with van der Waals surface area (Å²) < 4.78 is 5.35. The molecule has 2 aromatic rings. The number of benzene rings is 2. The molecule has 4 atom stereocenters. The van der Waals surface area contributed by atoms with E-state index in [1.165, 1.54) is 0 Å². The highest BCUT2D eigenvalue weighted by Crippen LogP contribution is 2.41. The average molecular weight is 522 g/mol. The number of hydrogen-bond donors (Lipinski definition) is 3. The van der Waals surface area contributed by atoms with Gasteiger partial charge in [0.15, 0.2) is 0 Å². The van der Waals surface area contributed by atoms with Gasteiger partial charge in [0.1, 0.15) is 17.7 Å². The second-order valence-corrected chi connectivity index (χ2v) is 10.6. The molecule has 0 saturated heterocycles. The summed E-state index contributed by atoms with van der Waals surface area (Å²) in [6.45, 7) is 7.54. The number of rotatable bonds is 9. The highest BCUT2D eigenvalue weighted by atomic mass is 32.1. The summed E-state index contributed by atoms with van der Waals surface area (Å²) in [5.74, 6) is 2.10. The van der Waals surface area contributed by atoms with E-state index in [9.17, 15) is 14.4 Å². The predicted octanol–water partition coefficient (Wildman–Crippen LogP) is 4.09. The van der Waals surface area contributed by atoms with Gasteiger partial charge in [0.05, 0.1) is 0 Å². The zero-order chi connectivity index (χ0) is 27.2. The molecule has 2 N–H and O–H groups in total. The molecule has 1 saturated carbocycles. The molecular weight excluding hydrogens is 486 g/mol. The number of ether oxygens (including phenoxy) is 1. The summed E-state index contributed by atoms with van der Waals surface area (Å²) in [5, 5.41) is 5.61. The van der Waals surface area contributed by atoms with Gasteiger partial charge in [-0.3, -0.25) is 9.59 Å². The molecule has 8 heteroatoms. The number of terminal acetylenes is 1. The van der Waals surface area contributed by atoms with Gasteiger partial charge in [-0.05, 0) is 50.3 Å². The van der Waals surface area contributed by atoms with E-state index in [0.29, 0.717) is 17.7 Å². The Morgan fingerprint density at radius 2 is 1.76 bits per heavy atom. The second kappa shape index (κ2) is 12.2. The summed E-state index contributed by atoms with van der Waals surface area (Å²) in [6, 6.07) is 14.5. The van der Waals surface area contributed by atoms with Crippen LogP contribution in [0.3, 0.4) is 0 Å². The van der Waals surface area contributed by atoms with Gasteiger partial charge in [-0.15, -0.1) is 6.42 Å². The van der Waals surface area contributed by atoms with Crippen molar-refractivity contribution < 1.29 is 19.1 Å². The van der Waals surface area contributed by atoms with E-state index in [-0.39, 0.29) is 23.6 Å². The molecule has 2 aromatic carbocycles. The molecule has 196 valence electrons. The maximum atomic E-state index is 14.0. The second-order valence-electron chi connectivity index (χ2n) is 10.2. The number of nitrogens with zero attached hydrogens (tertiary/aromatic N) is 1. The molecular formula is C29H35N3O4S. The lowest BCUT2D eigenvalue weighted by Crippen LogP contribution is -2.54. The van der Waals surface area contributed by atoms with Crippen LogP contribution in [0.25, 0.3) is 0 Å². The van der Waals surface area contributed by atoms with Crippen molar-refractivity contribution in [1.82, 2.24) is 15.5 Å². The molecule has 0 spiro atoms. The molecule has 4 unspecified atom stereocenters. The molecule has 0 bridgehead atoms. The molecule has 0 radical (unpaired) electrons. The van der Waals surface area contributed by atoms with Crippen LogP contribution >= 0.6 is 12.6 Å². The Balaban J connectivity index is 1.97. The number of amides is 3. The minimum Gasteiger partial charge on any atom is -0.444 e. The van der Waals surface area contributed by atoms with E-state index < -0.39 is 29.7 Å². The van der Waals surface area contributed by atoms with Crippen LogP contribution in [-0.2, 0) is 20.9 Å². The van der Waals surface area contributed by atoms with Gasteiger partial charge < -0.3 is 20.3 Å². The Hall–Kier alpha value is -3.44. The Bertz CT molecular complexity index is 1160. The van der Waals surface area contributed by atoms with Crippen molar-refractivity contribution >= 4 is 30.5 Å². The van der Waals surface area contributed by atoms with Crippen LogP contribution in [-0.4, -0.2) is 46.2 Å². The molecule has 3 amide bonds. The summed E-state index contributed by atoms with van der Waals surface area (Å²) >= 11 is 4.33. The van der Waals surface area contributed by atoms with Gasteiger partial charge in [-0.1, -0.05) is 61.4 Å². The summed E-state index contributed by atoms with van der Waals surface area (Å²) in [7, 11) is 0. The standard InChI is InChI=1S/C29H35N3O4S/c1-6-21-14-10-11-15-22(21)25(26(33)30-17-20-12-8-7-9-13-20)32(24-16-19(24)2)27(34)23(18-37)31-28(35)36-29(3,4)5/h1,7-15,19,23-25,37H,16-18H2,2-5H3,(H,30,33)(H,31,35). The van der Waals surface area contributed by atoms with E-state index in [2.05, 4.69) is 29.2 Å². The molecule has 1 aliphatic rings. The van der Waals surface area contributed by atoms with E-state index in [1.54, 1.807) is 49.9 Å². The first kappa shape index (κ1) is 28.1. The molecule has 3 rings (SSSR count). The van der Waals surface area contributed by atoms with Gasteiger partial charge in [0, 0.05) is 23.9 Å². The number of thiol groups is 1. The Morgan fingerprint density at radius 1 is 1.14 bits per heavy atom. The lowest BCUT2D eigenvalue weighted by molar-refractivity contribution is -0.143. The number of hydrogen-bond acceptors (Lipinski definition) is 5. The van der Waals surface area contributed by atoms with Crippen LogP contribution in [0.5, 0.6) is 0 Å². The first-order chi connectivity index (χ1) is 17.6. The number of alkyl carbamates (subject to hydrolysis) is 1. The van der Waals surface area contributed by atoms with Crippen molar-refractivity contribution in [3.05, 3.63) is 71.3 Å². The Labute approximate surface area is 224 Å². The highest BCUT2D eigenvalue weighted by Gasteiger charge is 2.48. The lowest BCUT2D eigenvalue weighted by Gasteiger charge is -2.35. The fraction of sp³-hybridized carbons (Fsp3) is 0.414. The van der Waals surface area contributed by atoms with E-state index in [4.69, 9.17) is 11.2 Å². The van der Waals surface area contributed by atoms with Crippen molar-refractivity contribution in [2.45, 2.75) is 64.4 Å². The van der Waals surface area contributed by atoms with Crippen molar-refractivity contribution in [3.8, 4) is 12.3 Å². The van der Waals surface area contributed by atoms with E-state index in [1.807, 2.05) is 37.3 Å². The van der Waals surface area contributed by atoms with Crippen LogP contribution in [0.4, 0.5) is 4.79 Å². The van der Waals surface area contributed by atoms with Gasteiger partial charge in [-0.2, -0.15) is 12.6 Å². The number of nitrogens with one attached hydrogen (secondary N) is 2. The van der Waals surface area contributed by atoms with Crippen LogP contribution in [0.2, 0.25) is 0 Å². The molecule has 1 fully saturated rings. The zero-order valence-corrected chi connectivity index (χ0v) is 22.6. The van der Waals surface area contributed by atoms with Gasteiger partial charge in [-0.25, -0.2) is 4.79 Å². The quantitative estimate of drug-likeness (QED) is 0.343. The molecule has 0 heterocycles. The van der Waals surface area contributed by atoms with E-state index in [0.717, 1.165) is 12.0 Å². The minimum absolute atomic E-state index is 0.0326. The maximum absolute atomic E-state index is 14.0. The van der Waals surface area contributed by atoms with Crippen molar-refractivity contribution in [1.29, 1.82) is 0 Å². The Morgan fingerprint density at radius 3 is 2.32 bits per heavy atom. The van der Waals surface area contributed by atoms with Crippen LogP contribution < -0.4 is 10.6 Å². The third-order valence-corrected chi connectivity index (χ3v) is 6.46. The predicted molar refractivity (Wildman–Crippen MR) is 147 cm³/mol. The third kappa shape index (κ3) is 7.53. The largest absolute Gasteiger partial charge is 0.444 e. The molecule has 37 heavy (non-hydrogen) atoms. The topological polar surface area (TPSA) is 87.7 Å². The first-order valence-corrected chi connectivity index (χ1v) is 13.0. The average Bonchev–Trinajstić information content (AvgIpc) is 3.59. The first-order valence-electron chi connectivity index (χ1n) is 12.4. The van der Waals surface area contributed by atoms with Crippen molar-refractivity contribution in [3.63, 3.8) is 0 Å². The normalized spacial score (nSPS) is 18.1. The molecule has 7 nitrogen and oxygen atoms in total. The SMILES string of the molecule is C#Cc1ccccc1C(C(=O)NCc1ccccc1)N(C(=O)C(CS)NC(=O)OC(C)(C)C)C1CC1C. The smallest absolute Gasteiger partial charge is 0.408 e. The minimum atomic E-state index is -0.992. The summed E-state index contributed by atoms with van der Waals surface area (Å²) in [6.07, 6.45) is 5.80.